The van der Waals surface area contributed by atoms with E-state index in [9.17, 15) is 13.2 Å². The summed E-state index contributed by atoms with van der Waals surface area (Å²) in [7, 11) is -3.25. The normalized spacial score (nSPS) is 11.1. The Morgan fingerprint density at radius 3 is 2.58 bits per heavy atom. The van der Waals surface area contributed by atoms with Crippen LogP contribution in [0, 0.1) is 6.92 Å². The van der Waals surface area contributed by atoms with Crippen LogP contribution in [0.4, 0.5) is 4.79 Å². The van der Waals surface area contributed by atoms with Crippen molar-refractivity contribution in [2.24, 2.45) is 0 Å². The van der Waals surface area contributed by atoms with Gasteiger partial charge in [0.1, 0.15) is 0 Å². The predicted molar refractivity (Wildman–Crippen MR) is 92.2 cm³/mol. The summed E-state index contributed by atoms with van der Waals surface area (Å²) < 4.78 is 23.8. The fourth-order valence-electron chi connectivity index (χ4n) is 2.14. The van der Waals surface area contributed by atoms with Crippen molar-refractivity contribution in [2.75, 3.05) is 5.75 Å². The van der Waals surface area contributed by atoms with E-state index in [-0.39, 0.29) is 23.2 Å². The molecule has 2 N–H and O–H groups in total. The van der Waals surface area contributed by atoms with Gasteiger partial charge in [0.2, 0.25) is 0 Å². The number of hydrogen-bond acceptors (Lipinski definition) is 4. The second-order valence-corrected chi connectivity index (χ2v) is 7.61. The average molecular weight is 347 g/mol. The molecule has 0 saturated heterocycles. The number of nitrogens with zero attached hydrogens (tertiary/aromatic N) is 1. The molecule has 0 aliphatic carbocycles. The van der Waals surface area contributed by atoms with Crippen molar-refractivity contribution < 1.29 is 13.2 Å². The van der Waals surface area contributed by atoms with Crippen molar-refractivity contribution in [2.45, 2.75) is 31.8 Å². The molecule has 1 aromatic heterocycles. The molecule has 0 bridgehead atoms. The van der Waals surface area contributed by atoms with Crippen molar-refractivity contribution >= 4 is 15.9 Å². The van der Waals surface area contributed by atoms with Gasteiger partial charge in [-0.05, 0) is 36.2 Å². The highest BCUT2D eigenvalue weighted by atomic mass is 32.2. The first-order valence-corrected chi connectivity index (χ1v) is 9.31. The molecule has 0 fully saturated rings. The van der Waals surface area contributed by atoms with Gasteiger partial charge in [-0.2, -0.15) is 0 Å². The Balaban J connectivity index is 1.90. The van der Waals surface area contributed by atoms with Gasteiger partial charge in [0, 0.05) is 25.0 Å². The lowest BCUT2D eigenvalue weighted by Crippen LogP contribution is -2.34. The molecule has 128 valence electrons. The van der Waals surface area contributed by atoms with Crippen molar-refractivity contribution in [3.8, 4) is 0 Å². The van der Waals surface area contributed by atoms with Crippen molar-refractivity contribution in [1.29, 1.82) is 0 Å². The maximum absolute atomic E-state index is 11.9. The molecule has 7 heteroatoms. The topological polar surface area (TPSA) is 88.2 Å². The van der Waals surface area contributed by atoms with Crippen LogP contribution in [0.25, 0.3) is 0 Å². The van der Waals surface area contributed by atoms with E-state index in [0.29, 0.717) is 6.54 Å². The summed E-state index contributed by atoms with van der Waals surface area (Å²) in [5, 5.41) is 5.48. The molecule has 0 saturated carbocycles. The molecule has 0 radical (unpaired) electrons. The third kappa shape index (κ3) is 4.79. The second kappa shape index (κ2) is 7.92. The Hall–Kier alpha value is -2.41. The molecule has 0 aliphatic rings. The molecule has 1 aromatic carbocycles. The van der Waals surface area contributed by atoms with Crippen LogP contribution in [0.5, 0.6) is 0 Å². The number of carbonyl (C=O) groups is 1. The molecule has 0 unspecified atom stereocenters. The van der Waals surface area contributed by atoms with E-state index in [1.165, 1.54) is 0 Å². The molecule has 6 nitrogen and oxygen atoms in total. The quantitative estimate of drug-likeness (QED) is 0.838. The number of sulfone groups is 1. The smallest absolute Gasteiger partial charge is 0.315 e. The summed E-state index contributed by atoms with van der Waals surface area (Å²) in [5.41, 5.74) is 2.55. The molecule has 2 amide bonds. The first-order valence-electron chi connectivity index (χ1n) is 7.66. The molecule has 24 heavy (non-hydrogen) atoms. The summed E-state index contributed by atoms with van der Waals surface area (Å²) in [6.45, 7) is 4.13. The van der Waals surface area contributed by atoms with Gasteiger partial charge in [0.25, 0.3) is 0 Å². The van der Waals surface area contributed by atoms with Gasteiger partial charge >= 0.3 is 6.03 Å². The molecular formula is C17H21N3O3S. The van der Waals surface area contributed by atoms with Gasteiger partial charge in [-0.3, -0.25) is 4.98 Å². The number of nitrogens with one attached hydrogen (secondary N) is 2. The highest BCUT2D eigenvalue weighted by molar-refractivity contribution is 7.91. The Morgan fingerprint density at radius 1 is 1.12 bits per heavy atom. The van der Waals surface area contributed by atoms with Gasteiger partial charge in [0.05, 0.1) is 10.6 Å². The maximum atomic E-state index is 11.9. The minimum Gasteiger partial charge on any atom is -0.334 e. The van der Waals surface area contributed by atoms with E-state index in [0.717, 1.165) is 16.8 Å². The van der Waals surface area contributed by atoms with Gasteiger partial charge in [-0.1, -0.05) is 25.1 Å². The van der Waals surface area contributed by atoms with E-state index in [1.54, 1.807) is 37.4 Å². The van der Waals surface area contributed by atoms with Crippen LogP contribution in [-0.2, 0) is 22.9 Å². The summed E-state index contributed by atoms with van der Waals surface area (Å²) >= 11 is 0. The maximum Gasteiger partial charge on any atom is 0.315 e. The van der Waals surface area contributed by atoms with E-state index in [2.05, 4.69) is 15.6 Å². The van der Waals surface area contributed by atoms with Crippen LogP contribution in [0.1, 0.15) is 23.7 Å². The summed E-state index contributed by atoms with van der Waals surface area (Å²) in [6, 6.07) is 10.0. The van der Waals surface area contributed by atoms with E-state index < -0.39 is 9.84 Å². The van der Waals surface area contributed by atoms with Gasteiger partial charge < -0.3 is 10.6 Å². The molecule has 0 atom stereocenters. The highest BCUT2D eigenvalue weighted by Gasteiger charge is 2.11. The third-order valence-corrected chi connectivity index (χ3v) is 5.38. The highest BCUT2D eigenvalue weighted by Crippen LogP contribution is 2.13. The van der Waals surface area contributed by atoms with Crippen LogP contribution < -0.4 is 10.6 Å². The lowest BCUT2D eigenvalue weighted by atomic mass is 10.2. The fraction of sp³-hybridized carbons (Fsp3) is 0.294. The van der Waals surface area contributed by atoms with Gasteiger partial charge in [0.15, 0.2) is 9.84 Å². The summed E-state index contributed by atoms with van der Waals surface area (Å²) in [6.07, 6.45) is 1.70. The van der Waals surface area contributed by atoms with Crippen LogP contribution >= 0.6 is 0 Å². The summed E-state index contributed by atoms with van der Waals surface area (Å²) in [5.74, 6) is 0.0504. The standard InChI is InChI=1S/C17H21N3O3S/c1-3-24(22,23)16-8-4-6-14(10-16)11-19-17(21)20-12-15-7-5-9-18-13(15)2/h4-10H,3,11-12H2,1-2H3,(H2,19,20,21). The number of urea groups is 1. The predicted octanol–water partition coefficient (Wildman–Crippen LogP) is 2.18. The molecular weight excluding hydrogens is 326 g/mol. The van der Waals surface area contributed by atoms with Crippen LogP contribution in [-0.4, -0.2) is 25.2 Å². The zero-order chi connectivity index (χ0) is 17.6. The van der Waals surface area contributed by atoms with Crippen molar-refractivity contribution in [3.05, 3.63) is 59.4 Å². The zero-order valence-corrected chi connectivity index (χ0v) is 14.6. The fourth-order valence-corrected chi connectivity index (χ4v) is 3.09. The zero-order valence-electron chi connectivity index (χ0n) is 13.7. The van der Waals surface area contributed by atoms with Crippen molar-refractivity contribution in [3.63, 3.8) is 0 Å². The largest absolute Gasteiger partial charge is 0.334 e. The number of carbonyl (C=O) groups excluding carboxylic acids is 1. The molecule has 0 spiro atoms. The molecule has 1 heterocycles. The number of pyridine rings is 1. The third-order valence-electron chi connectivity index (χ3n) is 3.65. The van der Waals surface area contributed by atoms with Gasteiger partial charge in [-0.15, -0.1) is 0 Å². The Morgan fingerprint density at radius 2 is 1.88 bits per heavy atom. The Kier molecular flexibility index (Phi) is 5.92. The number of benzene rings is 1. The molecule has 2 aromatic rings. The van der Waals surface area contributed by atoms with Crippen LogP contribution in [0.2, 0.25) is 0 Å². The minimum atomic E-state index is -3.25. The first-order chi connectivity index (χ1) is 11.4. The first kappa shape index (κ1) is 17.9. The van der Waals surface area contributed by atoms with E-state index >= 15 is 0 Å². The van der Waals surface area contributed by atoms with Crippen LogP contribution in [0.3, 0.4) is 0 Å². The monoisotopic (exact) mass is 347 g/mol. The van der Waals surface area contributed by atoms with Gasteiger partial charge in [-0.25, -0.2) is 13.2 Å². The van der Waals surface area contributed by atoms with Crippen molar-refractivity contribution in [1.82, 2.24) is 15.6 Å². The lowest BCUT2D eigenvalue weighted by Gasteiger charge is -2.10. The molecule has 0 aliphatic heterocycles. The average Bonchev–Trinajstić information content (AvgIpc) is 2.59. The number of aromatic nitrogens is 1. The SMILES string of the molecule is CCS(=O)(=O)c1cccc(CNC(=O)NCc2cccnc2C)c1. The molecule has 2 rings (SSSR count). The number of rotatable bonds is 6. The number of amides is 2. The van der Waals surface area contributed by atoms with Crippen LogP contribution in [0.15, 0.2) is 47.5 Å². The number of hydrogen-bond donors (Lipinski definition) is 2. The van der Waals surface area contributed by atoms with E-state index in [1.807, 2.05) is 19.1 Å². The number of aryl methyl sites for hydroxylation is 1. The Bertz CT molecular complexity index is 819. The Labute approximate surface area is 142 Å². The second-order valence-electron chi connectivity index (χ2n) is 5.33. The minimum absolute atomic E-state index is 0.0504. The lowest BCUT2D eigenvalue weighted by molar-refractivity contribution is 0.240. The van der Waals surface area contributed by atoms with E-state index in [4.69, 9.17) is 0 Å². The summed E-state index contributed by atoms with van der Waals surface area (Å²) in [4.78, 5) is 16.3.